The van der Waals surface area contributed by atoms with Crippen molar-refractivity contribution in [2.45, 2.75) is 37.6 Å². The van der Waals surface area contributed by atoms with Crippen LogP contribution >= 0.6 is 0 Å². The smallest absolute Gasteiger partial charge is 0.230 e. The van der Waals surface area contributed by atoms with E-state index in [1.165, 1.54) is 0 Å². The average molecular weight is 352 g/mol. The molecule has 1 aliphatic heterocycles. The molecule has 0 unspecified atom stereocenters. The first-order chi connectivity index (χ1) is 12.6. The van der Waals surface area contributed by atoms with Crippen molar-refractivity contribution < 1.29 is 4.79 Å². The summed E-state index contributed by atoms with van der Waals surface area (Å²) in [5.41, 5.74) is 0.947. The Kier molecular flexibility index (Phi) is 4.57. The van der Waals surface area contributed by atoms with Crippen LogP contribution in [0.2, 0.25) is 0 Å². The third kappa shape index (κ3) is 3.40. The van der Waals surface area contributed by atoms with Crippen LogP contribution in [0.25, 0.3) is 0 Å². The van der Waals surface area contributed by atoms with Crippen molar-refractivity contribution in [1.29, 1.82) is 0 Å². The largest absolute Gasteiger partial charge is 0.355 e. The number of rotatable bonds is 6. The number of aromatic nitrogens is 2. The maximum Gasteiger partial charge on any atom is 0.230 e. The highest BCUT2D eigenvalue weighted by atomic mass is 16.2. The van der Waals surface area contributed by atoms with Gasteiger partial charge in [-0.15, -0.1) is 0 Å². The van der Waals surface area contributed by atoms with Gasteiger partial charge in [0.05, 0.1) is 5.41 Å². The fourth-order valence-corrected chi connectivity index (χ4v) is 4.15. The molecule has 0 radical (unpaired) electrons. The second kappa shape index (κ2) is 6.88. The molecule has 4 rings (SSSR count). The molecule has 5 nitrogen and oxygen atoms in total. The summed E-state index contributed by atoms with van der Waals surface area (Å²) in [5, 5.41) is 7.65. The summed E-state index contributed by atoms with van der Waals surface area (Å²) in [5.74, 6) is 0.198. The quantitative estimate of drug-likeness (QED) is 0.869. The SMILES string of the molecule is CN1CCC(C(=O)NCC2(Cn3cccn3)CC2)(c2ccccc2)CC1. The van der Waals surface area contributed by atoms with Gasteiger partial charge < -0.3 is 10.2 Å². The lowest BCUT2D eigenvalue weighted by atomic mass is 9.72. The average Bonchev–Trinajstić information content (AvgIpc) is 3.24. The van der Waals surface area contributed by atoms with Crippen LogP contribution in [0, 0.1) is 5.41 Å². The van der Waals surface area contributed by atoms with Gasteiger partial charge in [-0.05, 0) is 57.5 Å². The molecule has 0 bridgehead atoms. The fourth-order valence-electron chi connectivity index (χ4n) is 4.15. The Morgan fingerprint density at radius 3 is 2.46 bits per heavy atom. The number of carbonyl (C=O) groups is 1. The van der Waals surface area contributed by atoms with Crippen LogP contribution in [-0.2, 0) is 16.8 Å². The summed E-state index contributed by atoms with van der Waals surface area (Å²) in [4.78, 5) is 15.7. The van der Waals surface area contributed by atoms with E-state index in [1.807, 2.05) is 41.3 Å². The Hall–Kier alpha value is -2.14. The molecule has 26 heavy (non-hydrogen) atoms. The van der Waals surface area contributed by atoms with E-state index in [1.54, 1.807) is 0 Å². The Morgan fingerprint density at radius 2 is 1.85 bits per heavy atom. The molecule has 2 aromatic rings. The van der Waals surface area contributed by atoms with Gasteiger partial charge in [0.25, 0.3) is 0 Å². The van der Waals surface area contributed by atoms with Crippen LogP contribution in [0.15, 0.2) is 48.8 Å². The number of benzene rings is 1. The van der Waals surface area contributed by atoms with E-state index in [0.717, 1.165) is 57.4 Å². The molecule has 0 atom stereocenters. The monoisotopic (exact) mass is 352 g/mol. The normalized spacial score (nSPS) is 21.3. The highest BCUT2D eigenvalue weighted by Gasteiger charge is 2.46. The molecule has 0 spiro atoms. The number of piperidine rings is 1. The van der Waals surface area contributed by atoms with Crippen LogP contribution in [0.4, 0.5) is 0 Å². The van der Waals surface area contributed by atoms with Gasteiger partial charge in [-0.25, -0.2) is 0 Å². The maximum atomic E-state index is 13.4. The minimum atomic E-state index is -0.393. The first-order valence-corrected chi connectivity index (χ1v) is 9.62. The number of hydrogen-bond donors (Lipinski definition) is 1. The van der Waals surface area contributed by atoms with Crippen molar-refractivity contribution in [2.24, 2.45) is 5.41 Å². The maximum absolute atomic E-state index is 13.4. The number of nitrogens with zero attached hydrogens (tertiary/aromatic N) is 3. The standard InChI is InChI=1S/C21H28N4O/c1-24-14-10-21(11-15-24,18-6-3-2-4-7-18)19(26)22-16-20(8-9-20)17-25-13-5-12-23-25/h2-7,12-13H,8-11,14-17H2,1H3,(H,22,26). The number of likely N-dealkylation sites (tertiary alicyclic amines) is 1. The topological polar surface area (TPSA) is 50.2 Å². The van der Waals surface area contributed by atoms with Gasteiger partial charge in [-0.3, -0.25) is 9.48 Å². The van der Waals surface area contributed by atoms with E-state index in [-0.39, 0.29) is 11.3 Å². The van der Waals surface area contributed by atoms with E-state index in [9.17, 15) is 4.79 Å². The summed E-state index contributed by atoms with van der Waals surface area (Å²) in [6.07, 6.45) is 7.90. The van der Waals surface area contributed by atoms with Crippen molar-refractivity contribution >= 4 is 5.91 Å². The van der Waals surface area contributed by atoms with Crippen molar-refractivity contribution in [3.8, 4) is 0 Å². The van der Waals surface area contributed by atoms with Crippen LogP contribution in [0.5, 0.6) is 0 Å². The zero-order valence-corrected chi connectivity index (χ0v) is 15.5. The summed E-state index contributed by atoms with van der Waals surface area (Å²) in [6, 6.07) is 12.3. The predicted molar refractivity (Wildman–Crippen MR) is 102 cm³/mol. The van der Waals surface area contributed by atoms with Crippen molar-refractivity contribution in [3.05, 3.63) is 54.4 Å². The Morgan fingerprint density at radius 1 is 1.12 bits per heavy atom. The van der Waals surface area contributed by atoms with E-state index in [4.69, 9.17) is 0 Å². The number of carbonyl (C=O) groups excluding carboxylic acids is 1. The summed E-state index contributed by atoms with van der Waals surface area (Å²) in [6.45, 7) is 3.55. The molecule has 2 fully saturated rings. The van der Waals surface area contributed by atoms with Crippen LogP contribution in [0.3, 0.4) is 0 Å². The molecule has 2 heterocycles. The van der Waals surface area contributed by atoms with Crippen LogP contribution in [0.1, 0.15) is 31.2 Å². The molecular weight excluding hydrogens is 324 g/mol. The number of hydrogen-bond acceptors (Lipinski definition) is 3. The lowest BCUT2D eigenvalue weighted by molar-refractivity contribution is -0.128. The molecule has 1 N–H and O–H groups in total. The molecule has 2 aliphatic rings. The van der Waals surface area contributed by atoms with E-state index in [0.29, 0.717) is 0 Å². The molecule has 138 valence electrons. The summed E-state index contributed by atoms with van der Waals surface area (Å²) < 4.78 is 1.99. The second-order valence-corrected chi connectivity index (χ2v) is 8.14. The van der Waals surface area contributed by atoms with Crippen molar-refractivity contribution in [2.75, 3.05) is 26.7 Å². The van der Waals surface area contributed by atoms with E-state index >= 15 is 0 Å². The first-order valence-electron chi connectivity index (χ1n) is 9.62. The molecule has 1 saturated heterocycles. The van der Waals surface area contributed by atoms with Gasteiger partial charge in [0, 0.05) is 30.9 Å². The zero-order valence-electron chi connectivity index (χ0n) is 15.5. The Labute approximate surface area is 155 Å². The molecule has 5 heteroatoms. The molecule has 1 aliphatic carbocycles. The highest BCUT2D eigenvalue weighted by molar-refractivity contribution is 5.88. The second-order valence-electron chi connectivity index (χ2n) is 8.14. The lowest BCUT2D eigenvalue weighted by Crippen LogP contribution is -2.52. The predicted octanol–water partition coefficient (Wildman–Crippen LogP) is 2.44. The van der Waals surface area contributed by atoms with Crippen molar-refractivity contribution in [1.82, 2.24) is 20.0 Å². The van der Waals surface area contributed by atoms with Crippen molar-refractivity contribution in [3.63, 3.8) is 0 Å². The number of amides is 1. The lowest BCUT2D eigenvalue weighted by Gasteiger charge is -2.40. The van der Waals surface area contributed by atoms with Gasteiger partial charge in [-0.1, -0.05) is 30.3 Å². The van der Waals surface area contributed by atoms with Gasteiger partial charge in [0.15, 0.2) is 0 Å². The molecule has 1 amide bonds. The summed E-state index contributed by atoms with van der Waals surface area (Å²) >= 11 is 0. The molecular formula is C21H28N4O. The molecule has 1 saturated carbocycles. The number of nitrogens with one attached hydrogen (secondary N) is 1. The van der Waals surface area contributed by atoms with Gasteiger partial charge in [0.1, 0.15) is 0 Å². The minimum Gasteiger partial charge on any atom is -0.355 e. The molecule has 1 aromatic heterocycles. The third-order valence-corrected chi connectivity index (χ3v) is 6.24. The van der Waals surface area contributed by atoms with E-state index in [2.05, 4.69) is 34.5 Å². The van der Waals surface area contributed by atoms with Gasteiger partial charge in [0.2, 0.25) is 5.91 Å². The minimum absolute atomic E-state index is 0.186. The third-order valence-electron chi connectivity index (χ3n) is 6.24. The summed E-state index contributed by atoms with van der Waals surface area (Å²) in [7, 11) is 2.14. The van der Waals surface area contributed by atoms with Crippen LogP contribution in [-0.4, -0.2) is 47.3 Å². The fraction of sp³-hybridized carbons (Fsp3) is 0.524. The first kappa shape index (κ1) is 17.3. The van der Waals surface area contributed by atoms with Crippen LogP contribution < -0.4 is 5.32 Å². The Bertz CT molecular complexity index is 729. The Balaban J connectivity index is 1.47. The van der Waals surface area contributed by atoms with E-state index < -0.39 is 5.41 Å². The van der Waals surface area contributed by atoms with Gasteiger partial charge in [-0.2, -0.15) is 5.10 Å². The van der Waals surface area contributed by atoms with Gasteiger partial charge >= 0.3 is 0 Å². The zero-order chi connectivity index (χ0) is 18.0. The molecule has 1 aromatic carbocycles. The highest BCUT2D eigenvalue weighted by Crippen LogP contribution is 2.46.